The van der Waals surface area contributed by atoms with E-state index in [0.29, 0.717) is 51.3 Å². The summed E-state index contributed by atoms with van der Waals surface area (Å²) >= 11 is 0. The van der Waals surface area contributed by atoms with Crippen LogP contribution in [0.4, 0.5) is 0 Å². The van der Waals surface area contributed by atoms with Crippen molar-refractivity contribution in [2.24, 2.45) is 10.8 Å². The van der Waals surface area contributed by atoms with Gasteiger partial charge in [-0.25, -0.2) is 28.8 Å². The molecule has 26 nitrogen and oxygen atoms in total. The fraction of sp³-hybridized carbons (Fsp3) is 0.576. The van der Waals surface area contributed by atoms with E-state index in [-0.39, 0.29) is 61.5 Å². The quantitative estimate of drug-likeness (QED) is 0.0180. The van der Waals surface area contributed by atoms with Gasteiger partial charge in [0.25, 0.3) is 0 Å². The monoisotopic (exact) mass is 1220 g/mol. The van der Waals surface area contributed by atoms with Gasteiger partial charge in [0, 0.05) is 72.6 Å². The first-order chi connectivity index (χ1) is 39.9. The summed E-state index contributed by atoms with van der Waals surface area (Å²) in [5.74, 6) is -7.86. The van der Waals surface area contributed by atoms with Crippen molar-refractivity contribution in [2.75, 3.05) is 129 Å². The van der Waals surface area contributed by atoms with Crippen molar-refractivity contribution >= 4 is 53.5 Å². The molecule has 0 radical (unpaired) electrons. The molecule has 1 aromatic carbocycles. The number of ether oxygens (including phenoxy) is 14. The number of carboxylic acids is 2. The number of hydrogen-bond donors (Lipinski definition) is 3. The smallest absolute Gasteiger partial charge is 0.339 e. The molecule has 1 rings (SSSR count). The standard InChI is InChI=1S/C25H30O13.C9H16O4.C9H16O2.C8H14O4.C8H16O3/c1-6-25(11-35-5,24(34)37-10-15(27)9-36-22(32)13(2)3)12-38-23(33)19-7-16(14(4)26)17(20(28)29)8-18(19)21(30)31;1-7(2)9(10)13-6-8(12-4)5-11-3;1-5-7-11-8(10)9(3,4)6-2;1-4-8(9)12-6-7(11-3)5-10-2;1-4-5-11-7-8(10-3)6-9-2/h7-8,15,27H,2,6,9-12H2,1,3-5H3,(H,28,29)(H,30,31);8H,1,5-6H2,2-4H3;5H,1,6-7H2,2-4H3;4,7H,1,5-6H2,2-3H3;4,8H,1,5-7H2,2-3H3. The molecule has 0 heterocycles. The number of ketones is 1. The summed E-state index contributed by atoms with van der Waals surface area (Å²) in [6.45, 7) is 29.6. The number of methoxy groups -OCH3 is 7. The summed E-state index contributed by atoms with van der Waals surface area (Å²) in [5.41, 5.74) is -3.78. The number of hydrogen-bond acceptors (Lipinski definition) is 24. The molecule has 5 atom stereocenters. The summed E-state index contributed by atoms with van der Waals surface area (Å²) in [6.07, 6.45) is 3.45. The van der Waals surface area contributed by atoms with Crippen LogP contribution >= 0.6 is 0 Å². The predicted octanol–water partition coefficient (Wildman–Crippen LogP) is 5.65. The first-order valence-electron chi connectivity index (χ1n) is 26.1. The molecule has 85 heavy (non-hydrogen) atoms. The van der Waals surface area contributed by atoms with E-state index in [9.17, 15) is 58.5 Å². The molecule has 0 bridgehead atoms. The van der Waals surface area contributed by atoms with Gasteiger partial charge in [0.15, 0.2) is 5.78 Å². The lowest BCUT2D eigenvalue weighted by Gasteiger charge is -2.29. The summed E-state index contributed by atoms with van der Waals surface area (Å²) in [4.78, 5) is 105. The van der Waals surface area contributed by atoms with E-state index in [4.69, 9.17) is 66.3 Å². The van der Waals surface area contributed by atoms with Crippen LogP contribution < -0.4 is 0 Å². The topological polar surface area (TPSA) is 344 Å². The van der Waals surface area contributed by atoms with Crippen LogP contribution in [-0.4, -0.2) is 222 Å². The minimum atomic E-state index is -1.64. The van der Waals surface area contributed by atoms with Crippen LogP contribution in [0.5, 0.6) is 0 Å². The Labute approximate surface area is 499 Å². The number of Topliss-reactive ketones (excluding diaryl/α,β-unsaturated/α-hetero) is 1. The Bertz CT molecular complexity index is 2250. The van der Waals surface area contributed by atoms with Crippen LogP contribution in [0.1, 0.15) is 103 Å². The Balaban J connectivity index is -0.000000565. The first-order valence-corrected chi connectivity index (χ1v) is 26.1. The van der Waals surface area contributed by atoms with Crippen molar-refractivity contribution in [3.63, 3.8) is 0 Å². The molecule has 0 saturated carbocycles. The molecule has 0 aliphatic carbocycles. The number of rotatable bonds is 38. The van der Waals surface area contributed by atoms with Gasteiger partial charge in [-0.1, -0.05) is 52.3 Å². The van der Waals surface area contributed by atoms with Crippen LogP contribution in [-0.2, 0) is 90.3 Å². The second-order valence-corrected chi connectivity index (χ2v) is 18.5. The fourth-order valence-electron chi connectivity index (χ4n) is 5.54. The number of carbonyl (C=O) groups excluding carboxylic acids is 7. The van der Waals surface area contributed by atoms with E-state index in [2.05, 4.69) is 32.9 Å². The summed E-state index contributed by atoms with van der Waals surface area (Å²) in [5, 5.41) is 28.8. The molecular formula is C59H92O26. The van der Waals surface area contributed by atoms with Crippen LogP contribution in [0.2, 0.25) is 0 Å². The van der Waals surface area contributed by atoms with Crippen molar-refractivity contribution in [2.45, 2.75) is 85.7 Å². The van der Waals surface area contributed by atoms with Crippen LogP contribution in [0, 0.1) is 10.8 Å². The first kappa shape index (κ1) is 84.4. The lowest BCUT2D eigenvalue weighted by atomic mass is 9.87. The summed E-state index contributed by atoms with van der Waals surface area (Å²) < 4.78 is 69.4. The van der Waals surface area contributed by atoms with Gasteiger partial charge < -0.3 is 81.6 Å². The molecule has 0 spiro atoms. The van der Waals surface area contributed by atoms with E-state index in [0.717, 1.165) is 25.5 Å². The largest absolute Gasteiger partial charge is 0.478 e. The SMILES string of the molecule is C=C(C)C(=O)OCC(COC)OC.C=C(C)C(=O)OCC(O)COC(=O)C(CC)(COC)COC(=O)c1cc(C(C)=O)c(C(=O)O)cc1C(=O)O.C=CC(=O)OCC(COC)OC.C=CCOC(=O)C(C)(C)CC.C=CCOCC(COC)OC. The molecule has 0 amide bonds. The molecule has 0 aliphatic rings. The number of aliphatic hydroxyl groups excluding tert-OH is 1. The predicted molar refractivity (Wildman–Crippen MR) is 309 cm³/mol. The highest BCUT2D eigenvalue weighted by atomic mass is 16.6. The van der Waals surface area contributed by atoms with Crippen molar-refractivity contribution in [1.82, 2.24) is 0 Å². The van der Waals surface area contributed by atoms with Gasteiger partial charge in [0.2, 0.25) is 0 Å². The van der Waals surface area contributed by atoms with Gasteiger partial charge in [-0.15, -0.1) is 6.58 Å². The molecule has 0 aromatic heterocycles. The Morgan fingerprint density at radius 2 is 0.953 bits per heavy atom. The van der Waals surface area contributed by atoms with E-state index >= 15 is 0 Å². The molecule has 0 saturated heterocycles. The molecule has 1 aromatic rings. The number of esters is 6. The minimum Gasteiger partial charge on any atom is -0.478 e. The molecule has 0 fully saturated rings. The third-order valence-electron chi connectivity index (χ3n) is 11.1. The third kappa shape index (κ3) is 37.8. The third-order valence-corrected chi connectivity index (χ3v) is 11.1. The molecular weight excluding hydrogens is 1120 g/mol. The number of benzene rings is 1. The average molecular weight is 1220 g/mol. The maximum Gasteiger partial charge on any atom is 0.339 e. The van der Waals surface area contributed by atoms with Crippen LogP contribution in [0.15, 0.2) is 74.4 Å². The zero-order valence-electron chi connectivity index (χ0n) is 51.9. The minimum absolute atomic E-state index is 0.0239. The van der Waals surface area contributed by atoms with Crippen molar-refractivity contribution in [3.8, 4) is 0 Å². The van der Waals surface area contributed by atoms with Crippen molar-refractivity contribution < 1.29 is 125 Å². The van der Waals surface area contributed by atoms with Gasteiger partial charge in [-0.05, 0) is 59.6 Å². The number of carbonyl (C=O) groups is 9. The average Bonchev–Trinajstić information content (AvgIpc) is 3.53. The Hall–Kier alpha value is -7.01. The number of aromatic carboxylic acids is 2. The molecule has 3 N–H and O–H groups in total. The lowest BCUT2D eigenvalue weighted by molar-refractivity contribution is -0.167. The normalized spacial score (nSPS) is 12.5. The highest BCUT2D eigenvalue weighted by Crippen LogP contribution is 2.27. The molecule has 26 heteroatoms. The Kier molecular flexibility index (Phi) is 48.9. The lowest BCUT2D eigenvalue weighted by Crippen LogP contribution is -2.43. The number of aliphatic hydroxyl groups is 1. The van der Waals surface area contributed by atoms with E-state index in [1.165, 1.54) is 28.3 Å². The van der Waals surface area contributed by atoms with Gasteiger partial charge in [-0.2, -0.15) is 0 Å². The zero-order chi connectivity index (χ0) is 66.3. The Morgan fingerprint density at radius 1 is 0.518 bits per heavy atom. The fourth-order valence-corrected chi connectivity index (χ4v) is 5.54. The summed E-state index contributed by atoms with van der Waals surface area (Å²) in [6, 6.07) is 1.49. The second kappa shape index (κ2) is 49.3. The van der Waals surface area contributed by atoms with Crippen molar-refractivity contribution in [3.05, 3.63) is 96.7 Å². The highest BCUT2D eigenvalue weighted by molar-refractivity contribution is 6.11. The van der Waals surface area contributed by atoms with Crippen LogP contribution in [0.25, 0.3) is 0 Å². The van der Waals surface area contributed by atoms with E-state index < -0.39 is 101 Å². The van der Waals surface area contributed by atoms with Gasteiger partial charge in [0.05, 0.1) is 61.7 Å². The maximum atomic E-state index is 12.9. The van der Waals surface area contributed by atoms with Gasteiger partial charge >= 0.3 is 47.8 Å². The highest BCUT2D eigenvalue weighted by Gasteiger charge is 2.41. The summed E-state index contributed by atoms with van der Waals surface area (Å²) in [7, 11) is 10.7. The zero-order valence-corrected chi connectivity index (χ0v) is 51.9. The number of carboxylic acid groups (broad SMARTS) is 2. The van der Waals surface area contributed by atoms with Gasteiger partial charge in [0.1, 0.15) is 69.5 Å². The molecule has 484 valence electrons. The second-order valence-electron chi connectivity index (χ2n) is 18.5. The Morgan fingerprint density at radius 3 is 1.34 bits per heavy atom. The van der Waals surface area contributed by atoms with Crippen molar-refractivity contribution in [1.29, 1.82) is 0 Å². The van der Waals surface area contributed by atoms with Crippen LogP contribution in [0.3, 0.4) is 0 Å². The maximum absolute atomic E-state index is 12.9. The van der Waals surface area contributed by atoms with E-state index in [1.807, 2.05) is 20.8 Å². The molecule has 0 aliphatic heterocycles. The molecule has 5 unspecified atom stereocenters. The van der Waals surface area contributed by atoms with Gasteiger partial charge in [-0.3, -0.25) is 14.4 Å². The van der Waals surface area contributed by atoms with E-state index in [1.54, 1.807) is 54.4 Å².